The first-order chi connectivity index (χ1) is 8.25. The van der Waals surface area contributed by atoms with E-state index in [4.69, 9.17) is 9.84 Å². The van der Waals surface area contributed by atoms with Crippen LogP contribution in [0.5, 0.6) is 5.75 Å². The maximum Gasteiger partial charge on any atom is 0.153 e. The van der Waals surface area contributed by atoms with E-state index in [0.717, 1.165) is 5.56 Å². The van der Waals surface area contributed by atoms with Crippen LogP contribution in [-0.2, 0) is 16.8 Å². The van der Waals surface area contributed by atoms with E-state index in [1.807, 2.05) is 20.8 Å². The largest absolute Gasteiger partial charge is 0.507 e. The quantitative estimate of drug-likeness (QED) is 0.637. The summed E-state index contributed by atoms with van der Waals surface area (Å²) in [6, 6.07) is 3.37. The summed E-state index contributed by atoms with van der Waals surface area (Å²) < 4.78 is 5.09. The highest BCUT2D eigenvalue weighted by Crippen LogP contribution is 2.34. The summed E-state index contributed by atoms with van der Waals surface area (Å²) in [5.74, 6) is 0.0123. The second kappa shape index (κ2) is 5.50. The number of aldehydes is 1. The maximum atomic E-state index is 10.9. The van der Waals surface area contributed by atoms with Crippen LogP contribution in [0.3, 0.4) is 0 Å². The predicted octanol–water partition coefficient (Wildman–Crippen LogP) is 2.36. The second-order valence-corrected chi connectivity index (χ2v) is 5.36. The highest BCUT2D eigenvalue weighted by Gasteiger charge is 2.21. The number of aromatic hydroxyl groups is 1. The Morgan fingerprint density at radius 2 is 2.00 bits per heavy atom. The van der Waals surface area contributed by atoms with E-state index >= 15 is 0 Å². The van der Waals surface area contributed by atoms with Crippen molar-refractivity contribution in [1.82, 2.24) is 0 Å². The van der Waals surface area contributed by atoms with Crippen LogP contribution in [0.4, 0.5) is 0 Å². The van der Waals surface area contributed by atoms with E-state index in [1.165, 1.54) is 6.92 Å². The fourth-order valence-corrected chi connectivity index (χ4v) is 1.68. The summed E-state index contributed by atoms with van der Waals surface area (Å²) in [6.07, 6.45) is -0.243. The van der Waals surface area contributed by atoms with Gasteiger partial charge < -0.3 is 14.9 Å². The minimum absolute atomic E-state index is 0.0123. The summed E-state index contributed by atoms with van der Waals surface area (Å²) >= 11 is 0. The standard InChI is InChI=1S/C14H20O4/c1-9(16)18-8-10-5-11(7-15)13(17)12(6-10)14(2,3)4/h5-7,9,16-17H,8H2,1-4H3. The minimum atomic E-state index is -0.864. The zero-order valence-electron chi connectivity index (χ0n) is 11.2. The Morgan fingerprint density at radius 1 is 1.39 bits per heavy atom. The van der Waals surface area contributed by atoms with Crippen molar-refractivity contribution in [3.8, 4) is 5.75 Å². The van der Waals surface area contributed by atoms with Gasteiger partial charge in [-0.1, -0.05) is 20.8 Å². The van der Waals surface area contributed by atoms with Gasteiger partial charge in [0.1, 0.15) is 5.75 Å². The molecule has 18 heavy (non-hydrogen) atoms. The Bertz CT molecular complexity index is 430. The third kappa shape index (κ3) is 3.55. The lowest BCUT2D eigenvalue weighted by atomic mass is 9.84. The molecule has 0 spiro atoms. The lowest BCUT2D eigenvalue weighted by molar-refractivity contribution is -0.0939. The number of carbonyl (C=O) groups is 1. The summed E-state index contributed by atoms with van der Waals surface area (Å²) in [5.41, 5.74) is 1.41. The van der Waals surface area contributed by atoms with Crippen molar-refractivity contribution in [3.05, 3.63) is 28.8 Å². The second-order valence-electron chi connectivity index (χ2n) is 5.36. The first-order valence-corrected chi connectivity index (χ1v) is 5.87. The van der Waals surface area contributed by atoms with Crippen LogP contribution in [-0.4, -0.2) is 22.8 Å². The smallest absolute Gasteiger partial charge is 0.153 e. The third-order valence-corrected chi connectivity index (χ3v) is 2.63. The van der Waals surface area contributed by atoms with Gasteiger partial charge in [-0.15, -0.1) is 0 Å². The molecule has 1 unspecified atom stereocenters. The fourth-order valence-electron chi connectivity index (χ4n) is 1.68. The average Bonchev–Trinajstić information content (AvgIpc) is 2.25. The molecule has 0 radical (unpaired) electrons. The number of hydrogen-bond acceptors (Lipinski definition) is 4. The summed E-state index contributed by atoms with van der Waals surface area (Å²) in [6.45, 7) is 7.58. The fraction of sp³-hybridized carbons (Fsp3) is 0.500. The van der Waals surface area contributed by atoms with Crippen LogP contribution in [0.25, 0.3) is 0 Å². The van der Waals surface area contributed by atoms with Gasteiger partial charge in [-0.05, 0) is 30.0 Å². The van der Waals surface area contributed by atoms with Crippen molar-refractivity contribution in [3.63, 3.8) is 0 Å². The molecule has 0 aromatic heterocycles. The van der Waals surface area contributed by atoms with Crippen LogP contribution >= 0.6 is 0 Å². The van der Waals surface area contributed by atoms with Crippen LogP contribution in [0, 0.1) is 0 Å². The molecular weight excluding hydrogens is 232 g/mol. The minimum Gasteiger partial charge on any atom is -0.507 e. The van der Waals surface area contributed by atoms with E-state index in [-0.39, 0.29) is 23.3 Å². The summed E-state index contributed by atoms with van der Waals surface area (Å²) in [4.78, 5) is 10.9. The molecule has 100 valence electrons. The molecule has 0 saturated heterocycles. The van der Waals surface area contributed by atoms with Gasteiger partial charge in [0.15, 0.2) is 12.6 Å². The molecule has 0 bridgehead atoms. The van der Waals surface area contributed by atoms with Gasteiger partial charge in [-0.25, -0.2) is 0 Å². The molecule has 2 N–H and O–H groups in total. The summed E-state index contributed by atoms with van der Waals surface area (Å²) in [5, 5.41) is 19.1. The first kappa shape index (κ1) is 14.7. The van der Waals surface area contributed by atoms with Crippen LogP contribution < -0.4 is 0 Å². The van der Waals surface area contributed by atoms with E-state index < -0.39 is 6.29 Å². The Balaban J connectivity index is 3.18. The Hall–Kier alpha value is -1.39. The Labute approximate surface area is 107 Å². The van der Waals surface area contributed by atoms with Gasteiger partial charge in [0.25, 0.3) is 0 Å². The molecule has 0 fully saturated rings. The monoisotopic (exact) mass is 252 g/mol. The molecule has 0 aliphatic carbocycles. The van der Waals surface area contributed by atoms with E-state index in [9.17, 15) is 9.90 Å². The van der Waals surface area contributed by atoms with Crippen LogP contribution in [0.2, 0.25) is 0 Å². The van der Waals surface area contributed by atoms with Crippen molar-refractivity contribution in [2.45, 2.75) is 46.0 Å². The Morgan fingerprint density at radius 3 is 2.44 bits per heavy atom. The molecule has 1 rings (SSSR count). The third-order valence-electron chi connectivity index (χ3n) is 2.63. The molecule has 1 atom stereocenters. The zero-order chi connectivity index (χ0) is 13.9. The maximum absolute atomic E-state index is 10.9. The van der Waals surface area contributed by atoms with Crippen molar-refractivity contribution in [2.75, 3.05) is 0 Å². The van der Waals surface area contributed by atoms with Crippen molar-refractivity contribution in [2.24, 2.45) is 0 Å². The predicted molar refractivity (Wildman–Crippen MR) is 68.7 cm³/mol. The molecule has 0 saturated carbocycles. The number of benzene rings is 1. The molecule has 0 amide bonds. The lowest BCUT2D eigenvalue weighted by Gasteiger charge is -2.22. The highest BCUT2D eigenvalue weighted by atomic mass is 16.6. The zero-order valence-corrected chi connectivity index (χ0v) is 11.2. The van der Waals surface area contributed by atoms with Gasteiger partial charge in [0, 0.05) is 5.56 Å². The molecular formula is C14H20O4. The Kier molecular flexibility index (Phi) is 4.48. The van der Waals surface area contributed by atoms with Gasteiger partial charge >= 0.3 is 0 Å². The van der Waals surface area contributed by atoms with E-state index in [1.54, 1.807) is 12.1 Å². The number of rotatable bonds is 4. The molecule has 0 aliphatic rings. The normalized spacial score (nSPS) is 13.4. The van der Waals surface area contributed by atoms with Crippen LogP contribution in [0.15, 0.2) is 12.1 Å². The van der Waals surface area contributed by atoms with Gasteiger partial charge in [0.2, 0.25) is 0 Å². The topological polar surface area (TPSA) is 66.8 Å². The molecule has 4 heteroatoms. The molecule has 0 heterocycles. The number of carbonyl (C=O) groups excluding carboxylic acids is 1. The summed E-state index contributed by atoms with van der Waals surface area (Å²) in [7, 11) is 0. The van der Waals surface area contributed by atoms with Gasteiger partial charge in [-0.3, -0.25) is 4.79 Å². The molecule has 0 aliphatic heterocycles. The molecule has 1 aromatic carbocycles. The van der Waals surface area contributed by atoms with Gasteiger partial charge in [0.05, 0.1) is 12.2 Å². The number of phenols is 1. The van der Waals surface area contributed by atoms with Crippen molar-refractivity contribution >= 4 is 6.29 Å². The number of ether oxygens (including phenoxy) is 1. The molecule has 4 nitrogen and oxygen atoms in total. The van der Waals surface area contributed by atoms with Crippen molar-refractivity contribution in [1.29, 1.82) is 0 Å². The SMILES string of the molecule is CC(O)OCc1cc(C=O)c(O)c(C(C)(C)C)c1. The number of aliphatic hydroxyl groups excluding tert-OH is 1. The highest BCUT2D eigenvalue weighted by molar-refractivity contribution is 5.80. The van der Waals surface area contributed by atoms with Crippen LogP contribution in [0.1, 0.15) is 49.2 Å². The number of phenolic OH excluding ortho intramolecular Hbond substituents is 1. The van der Waals surface area contributed by atoms with Gasteiger partial charge in [-0.2, -0.15) is 0 Å². The molecule has 1 aromatic rings. The number of hydrogen-bond donors (Lipinski definition) is 2. The van der Waals surface area contributed by atoms with E-state index in [0.29, 0.717) is 11.8 Å². The average molecular weight is 252 g/mol. The van der Waals surface area contributed by atoms with Crippen molar-refractivity contribution < 1.29 is 19.7 Å². The lowest BCUT2D eigenvalue weighted by Crippen LogP contribution is -2.14. The van der Waals surface area contributed by atoms with E-state index in [2.05, 4.69) is 0 Å². The number of aliphatic hydroxyl groups is 1. The first-order valence-electron chi connectivity index (χ1n) is 5.87.